The Morgan fingerprint density at radius 3 is 2.70 bits per heavy atom. The van der Waals surface area contributed by atoms with Crippen molar-refractivity contribution in [3.05, 3.63) is 29.3 Å². The molecule has 1 saturated heterocycles. The summed E-state index contributed by atoms with van der Waals surface area (Å²) in [6, 6.07) is 8.31. The maximum atomic E-state index is 9.92. The molecule has 2 N–H and O–H groups in total. The summed E-state index contributed by atoms with van der Waals surface area (Å²) in [5, 5.41) is 14.1. The van der Waals surface area contributed by atoms with E-state index >= 15 is 0 Å². The van der Waals surface area contributed by atoms with Crippen molar-refractivity contribution in [3.8, 4) is 0 Å². The predicted octanol–water partition coefficient (Wildman–Crippen LogP) is 3.38. The van der Waals surface area contributed by atoms with Crippen molar-refractivity contribution in [1.82, 2.24) is 4.90 Å². The van der Waals surface area contributed by atoms with Crippen molar-refractivity contribution in [2.45, 2.75) is 44.7 Å². The van der Waals surface area contributed by atoms with Gasteiger partial charge in [-0.05, 0) is 51.8 Å². The van der Waals surface area contributed by atoms with E-state index in [4.69, 9.17) is 11.6 Å². The molecular weight excluding hydrogens is 272 g/mol. The number of aliphatic hydroxyl groups excluding tert-OH is 1. The first-order chi connectivity index (χ1) is 9.56. The lowest BCUT2D eigenvalue weighted by molar-refractivity contribution is 0.186. The summed E-state index contributed by atoms with van der Waals surface area (Å²) >= 11 is 6.23. The van der Waals surface area contributed by atoms with E-state index < -0.39 is 0 Å². The van der Waals surface area contributed by atoms with Gasteiger partial charge in [-0.1, -0.05) is 23.7 Å². The number of nitrogens with one attached hydrogen (secondary N) is 1. The Hall–Kier alpha value is -0.770. The third-order valence-electron chi connectivity index (χ3n) is 4.28. The summed E-state index contributed by atoms with van der Waals surface area (Å²) < 4.78 is 0. The summed E-state index contributed by atoms with van der Waals surface area (Å²) in [7, 11) is 0. The third kappa shape index (κ3) is 3.66. The first-order valence-corrected chi connectivity index (χ1v) is 7.82. The highest BCUT2D eigenvalue weighted by atomic mass is 35.5. The summed E-state index contributed by atoms with van der Waals surface area (Å²) in [5.74, 6) is 0. The van der Waals surface area contributed by atoms with Crippen LogP contribution >= 0.6 is 11.6 Å². The molecule has 2 rings (SSSR count). The number of para-hydroxylation sites is 1. The number of likely N-dealkylation sites (tertiary alicyclic amines) is 1. The number of halogens is 1. The van der Waals surface area contributed by atoms with E-state index in [9.17, 15) is 5.11 Å². The van der Waals surface area contributed by atoms with Crippen molar-refractivity contribution < 1.29 is 5.11 Å². The van der Waals surface area contributed by atoms with Gasteiger partial charge in [-0.15, -0.1) is 0 Å². The van der Waals surface area contributed by atoms with Crippen LogP contribution in [0, 0.1) is 0 Å². The second kappa shape index (κ2) is 6.79. The standard InChI is InChI=1S/C16H25ClN2O/c1-13(2)19-10-5-8-16(12-20,9-11-19)18-15-7-4-3-6-14(15)17/h3-4,6-7,13,18,20H,5,8-12H2,1-2H3. The molecule has 20 heavy (non-hydrogen) atoms. The van der Waals surface area contributed by atoms with Gasteiger partial charge in [0.25, 0.3) is 0 Å². The fourth-order valence-corrected chi connectivity index (χ4v) is 3.09. The topological polar surface area (TPSA) is 35.5 Å². The highest BCUT2D eigenvalue weighted by Crippen LogP contribution is 2.30. The number of anilines is 1. The molecule has 1 unspecified atom stereocenters. The Balaban J connectivity index is 2.12. The van der Waals surface area contributed by atoms with Gasteiger partial charge in [0, 0.05) is 12.6 Å². The molecule has 0 radical (unpaired) electrons. The Morgan fingerprint density at radius 2 is 2.05 bits per heavy atom. The summed E-state index contributed by atoms with van der Waals surface area (Å²) in [5.41, 5.74) is 0.662. The Kier molecular flexibility index (Phi) is 5.30. The Morgan fingerprint density at radius 1 is 1.30 bits per heavy atom. The molecule has 0 bridgehead atoms. The molecule has 1 fully saturated rings. The molecule has 0 spiro atoms. The highest BCUT2D eigenvalue weighted by Gasteiger charge is 2.32. The van der Waals surface area contributed by atoms with E-state index in [0.717, 1.165) is 38.0 Å². The van der Waals surface area contributed by atoms with Crippen molar-refractivity contribution >= 4 is 17.3 Å². The highest BCUT2D eigenvalue weighted by molar-refractivity contribution is 6.33. The minimum absolute atomic E-state index is 0.143. The van der Waals surface area contributed by atoms with Crippen LogP contribution in [-0.2, 0) is 0 Å². The molecule has 1 aliphatic rings. The van der Waals surface area contributed by atoms with Crippen LogP contribution in [0.4, 0.5) is 5.69 Å². The van der Waals surface area contributed by atoms with Crippen LogP contribution in [0.25, 0.3) is 0 Å². The number of aliphatic hydroxyl groups is 1. The van der Waals surface area contributed by atoms with Gasteiger partial charge >= 0.3 is 0 Å². The number of nitrogens with zero attached hydrogens (tertiary/aromatic N) is 1. The lowest BCUT2D eigenvalue weighted by atomic mass is 9.91. The van der Waals surface area contributed by atoms with E-state index in [1.165, 1.54) is 0 Å². The molecule has 112 valence electrons. The summed E-state index contributed by atoms with van der Waals surface area (Å²) in [4.78, 5) is 2.48. The number of hydrogen-bond acceptors (Lipinski definition) is 3. The minimum atomic E-state index is -0.255. The lowest BCUT2D eigenvalue weighted by Gasteiger charge is -2.34. The van der Waals surface area contributed by atoms with Gasteiger partial charge in [-0.2, -0.15) is 0 Å². The van der Waals surface area contributed by atoms with Crippen LogP contribution in [0.15, 0.2) is 24.3 Å². The monoisotopic (exact) mass is 296 g/mol. The first-order valence-electron chi connectivity index (χ1n) is 7.44. The molecule has 0 aliphatic carbocycles. The molecule has 1 aromatic rings. The third-order valence-corrected chi connectivity index (χ3v) is 4.61. The SMILES string of the molecule is CC(C)N1CCCC(CO)(Nc2ccccc2Cl)CC1. The van der Waals surface area contributed by atoms with E-state index in [1.54, 1.807) is 0 Å². The quantitative estimate of drug-likeness (QED) is 0.894. The lowest BCUT2D eigenvalue weighted by Crippen LogP contribution is -2.43. The molecule has 0 saturated carbocycles. The summed E-state index contributed by atoms with van der Waals surface area (Å²) in [6.45, 7) is 6.71. The molecule has 0 amide bonds. The van der Waals surface area contributed by atoms with Crippen molar-refractivity contribution in [2.24, 2.45) is 0 Å². The molecule has 4 heteroatoms. The Bertz CT molecular complexity index is 438. The van der Waals surface area contributed by atoms with Crippen molar-refractivity contribution in [3.63, 3.8) is 0 Å². The van der Waals surface area contributed by atoms with Gasteiger partial charge in [-0.25, -0.2) is 0 Å². The number of hydrogen-bond donors (Lipinski definition) is 2. The molecule has 1 aliphatic heterocycles. The number of rotatable bonds is 4. The van der Waals surface area contributed by atoms with Gasteiger partial charge in [0.15, 0.2) is 0 Å². The van der Waals surface area contributed by atoms with Crippen LogP contribution in [-0.4, -0.2) is 41.3 Å². The normalized spacial score (nSPS) is 24.6. The molecule has 1 aromatic carbocycles. The largest absolute Gasteiger partial charge is 0.394 e. The fraction of sp³-hybridized carbons (Fsp3) is 0.625. The zero-order valence-corrected chi connectivity index (χ0v) is 13.2. The smallest absolute Gasteiger partial charge is 0.0662 e. The van der Waals surface area contributed by atoms with Crippen molar-refractivity contribution in [1.29, 1.82) is 0 Å². The van der Waals surface area contributed by atoms with Crippen LogP contribution in [0.2, 0.25) is 5.02 Å². The molecule has 3 nitrogen and oxygen atoms in total. The maximum absolute atomic E-state index is 9.92. The van der Waals surface area contributed by atoms with Crippen LogP contribution < -0.4 is 5.32 Å². The van der Waals surface area contributed by atoms with Crippen LogP contribution in [0.5, 0.6) is 0 Å². The van der Waals surface area contributed by atoms with Gasteiger partial charge < -0.3 is 15.3 Å². The average molecular weight is 297 g/mol. The predicted molar refractivity (Wildman–Crippen MR) is 85.5 cm³/mol. The first kappa shape index (κ1) is 15.6. The van der Waals surface area contributed by atoms with E-state index in [-0.39, 0.29) is 12.1 Å². The van der Waals surface area contributed by atoms with E-state index in [0.29, 0.717) is 11.1 Å². The molecule has 1 atom stereocenters. The summed E-state index contributed by atoms with van der Waals surface area (Å²) in [6.07, 6.45) is 3.00. The minimum Gasteiger partial charge on any atom is -0.394 e. The molecular formula is C16H25ClN2O. The molecule has 1 heterocycles. The zero-order chi connectivity index (χ0) is 14.6. The van der Waals surface area contributed by atoms with Crippen molar-refractivity contribution in [2.75, 3.05) is 25.0 Å². The van der Waals surface area contributed by atoms with Gasteiger partial charge in [-0.3, -0.25) is 0 Å². The maximum Gasteiger partial charge on any atom is 0.0662 e. The van der Waals surface area contributed by atoms with Crippen LogP contribution in [0.3, 0.4) is 0 Å². The fourth-order valence-electron chi connectivity index (χ4n) is 2.90. The second-order valence-corrected chi connectivity index (χ2v) is 6.43. The van der Waals surface area contributed by atoms with Crippen LogP contribution in [0.1, 0.15) is 33.1 Å². The van der Waals surface area contributed by atoms with Gasteiger partial charge in [0.05, 0.1) is 22.9 Å². The Labute approximate surface area is 126 Å². The second-order valence-electron chi connectivity index (χ2n) is 6.03. The zero-order valence-electron chi connectivity index (χ0n) is 12.4. The van der Waals surface area contributed by atoms with E-state index in [2.05, 4.69) is 24.1 Å². The average Bonchev–Trinajstić information content (AvgIpc) is 2.65. The number of benzene rings is 1. The van der Waals surface area contributed by atoms with Gasteiger partial charge in [0.2, 0.25) is 0 Å². The van der Waals surface area contributed by atoms with Gasteiger partial charge in [0.1, 0.15) is 0 Å². The van der Waals surface area contributed by atoms with E-state index in [1.807, 2.05) is 24.3 Å². The molecule has 0 aromatic heterocycles.